The third-order valence-corrected chi connectivity index (χ3v) is 6.21. The minimum absolute atomic E-state index is 0.0481. The van der Waals surface area contributed by atoms with Crippen molar-refractivity contribution in [2.24, 2.45) is 0 Å². The fraction of sp³-hybridized carbons (Fsp3) is 0.160. The normalized spacial score (nSPS) is 11.3. The first-order valence-electron chi connectivity index (χ1n) is 11.1. The van der Waals surface area contributed by atoms with Crippen LogP contribution in [-0.2, 0) is 10.9 Å². The Labute approximate surface area is 216 Å². The molecule has 0 aliphatic carbocycles. The van der Waals surface area contributed by atoms with Crippen LogP contribution >= 0.6 is 11.3 Å². The second-order valence-corrected chi connectivity index (χ2v) is 8.90. The maximum atomic E-state index is 13.2. The van der Waals surface area contributed by atoms with E-state index in [1.165, 1.54) is 30.3 Å². The molecule has 0 aliphatic heterocycles. The molecule has 0 fully saturated rings. The van der Waals surface area contributed by atoms with Gasteiger partial charge in [-0.2, -0.15) is 13.2 Å². The molecule has 0 saturated carbocycles. The number of amides is 2. The standard InChI is InChI=1S/C25H19F3N4O5S/c1-3-37-23(36)14-7-9-16(10-8-14)30-22(35)20-19(32-18(33)11-13(2)29-24(32)38-20)21(34)31-17-6-4-5-15(12-17)25(26,27)28/h4-12H,3H2,1-2H3,(H,30,35)(H,31,34). The highest BCUT2D eigenvalue weighted by molar-refractivity contribution is 7.19. The van der Waals surface area contributed by atoms with Crippen molar-refractivity contribution >= 4 is 45.5 Å². The van der Waals surface area contributed by atoms with Gasteiger partial charge in [-0.05, 0) is 56.3 Å². The summed E-state index contributed by atoms with van der Waals surface area (Å²) in [6, 6.07) is 10.9. The Bertz CT molecular complexity index is 1610. The zero-order chi connectivity index (χ0) is 27.6. The van der Waals surface area contributed by atoms with Crippen molar-refractivity contribution in [3.63, 3.8) is 0 Å². The van der Waals surface area contributed by atoms with E-state index in [0.717, 1.165) is 40.0 Å². The lowest BCUT2D eigenvalue weighted by molar-refractivity contribution is -0.137. The quantitative estimate of drug-likeness (QED) is 0.338. The van der Waals surface area contributed by atoms with Crippen LogP contribution in [0.3, 0.4) is 0 Å². The van der Waals surface area contributed by atoms with Crippen LogP contribution in [0.2, 0.25) is 0 Å². The van der Waals surface area contributed by atoms with Gasteiger partial charge in [0, 0.05) is 23.1 Å². The molecule has 13 heteroatoms. The highest BCUT2D eigenvalue weighted by Gasteiger charge is 2.31. The maximum Gasteiger partial charge on any atom is 0.416 e. The Morgan fingerprint density at radius 2 is 1.68 bits per heavy atom. The molecule has 0 unspecified atom stereocenters. The van der Waals surface area contributed by atoms with Crippen molar-refractivity contribution in [1.82, 2.24) is 9.38 Å². The first-order chi connectivity index (χ1) is 18.0. The van der Waals surface area contributed by atoms with E-state index in [2.05, 4.69) is 15.6 Å². The van der Waals surface area contributed by atoms with Crippen molar-refractivity contribution in [1.29, 1.82) is 0 Å². The summed E-state index contributed by atoms with van der Waals surface area (Å²) in [6.07, 6.45) is -4.64. The molecule has 2 N–H and O–H groups in total. The summed E-state index contributed by atoms with van der Waals surface area (Å²) in [7, 11) is 0. The number of hydrogen-bond acceptors (Lipinski definition) is 7. The number of rotatable bonds is 6. The van der Waals surface area contributed by atoms with Crippen molar-refractivity contribution in [3.8, 4) is 0 Å². The molecule has 2 amide bonds. The number of carbonyl (C=O) groups is 3. The van der Waals surface area contributed by atoms with Crippen LogP contribution in [0.15, 0.2) is 59.4 Å². The summed E-state index contributed by atoms with van der Waals surface area (Å²) in [6.45, 7) is 3.43. The van der Waals surface area contributed by atoms with E-state index in [9.17, 15) is 32.3 Å². The van der Waals surface area contributed by atoms with Crippen LogP contribution < -0.4 is 16.2 Å². The van der Waals surface area contributed by atoms with Gasteiger partial charge in [-0.15, -0.1) is 0 Å². The summed E-state index contributed by atoms with van der Waals surface area (Å²) in [5.41, 5.74) is -1.30. The van der Waals surface area contributed by atoms with Crippen LogP contribution in [-0.4, -0.2) is 33.8 Å². The number of nitrogens with zero attached hydrogens (tertiary/aromatic N) is 2. The van der Waals surface area contributed by atoms with Gasteiger partial charge in [-0.3, -0.25) is 14.4 Å². The van der Waals surface area contributed by atoms with Gasteiger partial charge in [0.25, 0.3) is 17.4 Å². The summed E-state index contributed by atoms with van der Waals surface area (Å²) >= 11 is 0.765. The van der Waals surface area contributed by atoms with E-state index >= 15 is 0 Å². The number of fused-ring (bicyclic) bond motifs is 1. The van der Waals surface area contributed by atoms with Crippen LogP contribution in [0.1, 0.15) is 48.7 Å². The van der Waals surface area contributed by atoms with Crippen molar-refractivity contribution < 1.29 is 32.3 Å². The van der Waals surface area contributed by atoms with Gasteiger partial charge in [0.15, 0.2) is 4.96 Å². The molecule has 38 heavy (non-hydrogen) atoms. The first-order valence-corrected chi connectivity index (χ1v) is 11.9. The zero-order valence-corrected chi connectivity index (χ0v) is 20.7. The van der Waals surface area contributed by atoms with Crippen molar-refractivity contribution in [3.05, 3.63) is 92.3 Å². The van der Waals surface area contributed by atoms with Gasteiger partial charge in [0.05, 0.1) is 17.7 Å². The molecule has 0 atom stereocenters. The molecule has 0 aliphatic rings. The number of carbonyl (C=O) groups excluding carboxylic acids is 3. The maximum absolute atomic E-state index is 13.2. The predicted molar refractivity (Wildman–Crippen MR) is 134 cm³/mol. The molecule has 0 saturated heterocycles. The SMILES string of the molecule is CCOC(=O)c1ccc(NC(=O)c2sc3nc(C)cc(=O)n3c2C(=O)Nc2cccc(C(F)(F)F)c2)cc1. The van der Waals surface area contributed by atoms with Crippen LogP contribution in [0.25, 0.3) is 4.96 Å². The van der Waals surface area contributed by atoms with E-state index in [1.54, 1.807) is 13.8 Å². The van der Waals surface area contributed by atoms with Gasteiger partial charge in [0.1, 0.15) is 10.6 Å². The number of anilines is 2. The number of aryl methyl sites for hydroxylation is 1. The number of benzene rings is 2. The van der Waals surface area contributed by atoms with E-state index in [1.807, 2.05) is 0 Å². The van der Waals surface area contributed by atoms with Crippen molar-refractivity contribution in [2.75, 3.05) is 17.2 Å². The summed E-state index contributed by atoms with van der Waals surface area (Å²) < 4.78 is 45.2. The van der Waals surface area contributed by atoms with Gasteiger partial charge in [0.2, 0.25) is 0 Å². The van der Waals surface area contributed by atoms with E-state index < -0.39 is 35.1 Å². The second-order valence-electron chi connectivity index (χ2n) is 7.92. The van der Waals surface area contributed by atoms with E-state index in [4.69, 9.17) is 4.74 Å². The second kappa shape index (κ2) is 10.5. The predicted octanol–water partition coefficient (Wildman–Crippen LogP) is 4.76. The Balaban J connectivity index is 1.70. The summed E-state index contributed by atoms with van der Waals surface area (Å²) in [4.78, 5) is 55.1. The average Bonchev–Trinajstić information content (AvgIpc) is 3.24. The topological polar surface area (TPSA) is 119 Å². The minimum atomic E-state index is -4.64. The molecule has 9 nitrogen and oxygen atoms in total. The van der Waals surface area contributed by atoms with Crippen LogP contribution in [0.5, 0.6) is 0 Å². The molecule has 2 aromatic carbocycles. The van der Waals surface area contributed by atoms with Crippen LogP contribution in [0, 0.1) is 6.92 Å². The zero-order valence-electron chi connectivity index (χ0n) is 19.9. The lowest BCUT2D eigenvalue weighted by Crippen LogP contribution is -2.25. The van der Waals surface area contributed by atoms with E-state index in [0.29, 0.717) is 5.69 Å². The number of hydrogen-bond donors (Lipinski definition) is 2. The third-order valence-electron chi connectivity index (χ3n) is 5.17. The van der Waals surface area contributed by atoms with Crippen molar-refractivity contribution in [2.45, 2.75) is 20.0 Å². The number of thiazole rings is 1. The average molecular weight is 545 g/mol. The number of esters is 1. The smallest absolute Gasteiger partial charge is 0.416 e. The summed E-state index contributed by atoms with van der Waals surface area (Å²) in [5, 5.41) is 4.92. The number of ether oxygens (including phenoxy) is 1. The van der Waals surface area contributed by atoms with Crippen LogP contribution in [0.4, 0.5) is 24.5 Å². The highest BCUT2D eigenvalue weighted by atomic mass is 32.1. The molecular weight excluding hydrogens is 525 g/mol. The summed E-state index contributed by atoms with van der Waals surface area (Å²) in [5.74, 6) is -2.29. The van der Waals surface area contributed by atoms with Gasteiger partial charge in [-0.25, -0.2) is 14.2 Å². The minimum Gasteiger partial charge on any atom is -0.462 e. The monoisotopic (exact) mass is 544 g/mol. The molecule has 0 spiro atoms. The van der Waals surface area contributed by atoms with E-state index in [-0.39, 0.29) is 39.1 Å². The molecule has 2 aromatic heterocycles. The van der Waals surface area contributed by atoms with Gasteiger partial charge < -0.3 is 15.4 Å². The molecule has 0 radical (unpaired) electrons. The fourth-order valence-corrected chi connectivity index (χ4v) is 4.57. The Kier molecular flexibility index (Phi) is 7.30. The first kappa shape index (κ1) is 26.5. The molecule has 2 heterocycles. The lowest BCUT2D eigenvalue weighted by atomic mass is 10.2. The Morgan fingerprint density at radius 1 is 1.00 bits per heavy atom. The number of alkyl halides is 3. The molecule has 0 bridgehead atoms. The number of halogens is 3. The lowest BCUT2D eigenvalue weighted by Gasteiger charge is -2.11. The number of nitrogens with one attached hydrogen (secondary N) is 2. The Morgan fingerprint density at radius 3 is 2.34 bits per heavy atom. The molecule has 4 aromatic rings. The molecule has 4 rings (SSSR count). The third kappa shape index (κ3) is 5.57. The highest BCUT2D eigenvalue weighted by Crippen LogP contribution is 2.31. The largest absolute Gasteiger partial charge is 0.462 e. The molecular formula is C25H19F3N4O5S. The Hall–Kier alpha value is -4.52. The molecule has 196 valence electrons. The van der Waals surface area contributed by atoms with Gasteiger partial charge >= 0.3 is 12.1 Å². The fourth-order valence-electron chi connectivity index (χ4n) is 3.50. The van der Waals surface area contributed by atoms with Gasteiger partial charge in [-0.1, -0.05) is 17.4 Å². The number of aromatic nitrogens is 2.